The minimum Gasteiger partial charge on any atom is -0.318 e. The second kappa shape index (κ2) is 6.13. The van der Waals surface area contributed by atoms with E-state index in [0.29, 0.717) is 24.0 Å². The van der Waals surface area contributed by atoms with Crippen molar-refractivity contribution in [2.24, 2.45) is 0 Å². The van der Waals surface area contributed by atoms with Crippen LogP contribution in [0.2, 0.25) is 0 Å². The Morgan fingerprint density at radius 2 is 1.96 bits per heavy atom. The Morgan fingerprint density at radius 1 is 1.15 bits per heavy atom. The molecule has 2 aliphatic rings. The van der Waals surface area contributed by atoms with Crippen LogP contribution in [-0.2, 0) is 23.0 Å². The van der Waals surface area contributed by atoms with Crippen molar-refractivity contribution in [2.45, 2.75) is 50.1 Å². The van der Waals surface area contributed by atoms with E-state index in [0.717, 1.165) is 43.7 Å². The molecule has 2 aliphatic heterocycles. The van der Waals surface area contributed by atoms with Gasteiger partial charge in [0.05, 0.1) is 6.20 Å². The van der Waals surface area contributed by atoms with Crippen molar-refractivity contribution in [2.75, 3.05) is 13.1 Å². The summed E-state index contributed by atoms with van der Waals surface area (Å²) >= 11 is 0. The van der Waals surface area contributed by atoms with Crippen LogP contribution in [0, 0.1) is 6.92 Å². The number of piperidine rings is 1. The average Bonchev–Trinajstić information content (AvgIpc) is 3.37. The summed E-state index contributed by atoms with van der Waals surface area (Å²) in [6.45, 7) is 3.89. The van der Waals surface area contributed by atoms with Gasteiger partial charge in [0, 0.05) is 32.3 Å². The van der Waals surface area contributed by atoms with E-state index in [4.69, 9.17) is 0 Å². The van der Waals surface area contributed by atoms with E-state index < -0.39 is 10.0 Å². The lowest BCUT2D eigenvalue weighted by atomic mass is 9.89. The summed E-state index contributed by atoms with van der Waals surface area (Å²) < 4.78 is 31.5. The van der Waals surface area contributed by atoms with Gasteiger partial charge in [0.25, 0.3) is 10.0 Å². The number of rotatable bonds is 3. The maximum atomic E-state index is 13.1. The summed E-state index contributed by atoms with van der Waals surface area (Å²) in [6.07, 6.45) is 8.56. The molecule has 0 radical (unpaired) electrons. The summed E-state index contributed by atoms with van der Waals surface area (Å²) in [5.74, 6) is 1.22. The Kier molecular flexibility index (Phi) is 3.83. The molecule has 3 aromatic rings. The van der Waals surface area contributed by atoms with Crippen LogP contribution in [0.25, 0.3) is 5.65 Å². The highest BCUT2D eigenvalue weighted by Gasteiger charge is 2.34. The van der Waals surface area contributed by atoms with Crippen molar-refractivity contribution in [3.05, 3.63) is 41.7 Å². The van der Waals surface area contributed by atoms with Crippen molar-refractivity contribution in [1.29, 1.82) is 0 Å². The number of hydrogen-bond donors (Lipinski definition) is 0. The highest BCUT2D eigenvalue weighted by atomic mass is 32.2. The lowest BCUT2D eigenvalue weighted by Gasteiger charge is -2.32. The minimum atomic E-state index is -3.48. The summed E-state index contributed by atoms with van der Waals surface area (Å²) in [7, 11) is -3.48. The first-order chi connectivity index (χ1) is 13.0. The van der Waals surface area contributed by atoms with Crippen molar-refractivity contribution < 1.29 is 8.42 Å². The molecule has 0 unspecified atom stereocenters. The van der Waals surface area contributed by atoms with Gasteiger partial charge in [-0.25, -0.2) is 22.9 Å². The highest BCUT2D eigenvalue weighted by Crippen LogP contribution is 2.33. The Morgan fingerprint density at radius 3 is 2.78 bits per heavy atom. The number of pyridine rings is 1. The molecule has 3 aromatic heterocycles. The quantitative estimate of drug-likeness (QED) is 0.685. The van der Waals surface area contributed by atoms with Crippen LogP contribution < -0.4 is 0 Å². The first-order valence-corrected chi connectivity index (χ1v) is 10.8. The van der Waals surface area contributed by atoms with Gasteiger partial charge in [-0.15, -0.1) is 0 Å². The third kappa shape index (κ3) is 2.68. The van der Waals surface area contributed by atoms with Crippen molar-refractivity contribution in [3.63, 3.8) is 0 Å². The Labute approximate surface area is 157 Å². The van der Waals surface area contributed by atoms with Crippen molar-refractivity contribution in [3.8, 4) is 0 Å². The third-order valence-electron chi connectivity index (χ3n) is 5.84. The number of aryl methyl sites for hydroxylation is 2. The molecule has 0 spiro atoms. The molecule has 27 heavy (non-hydrogen) atoms. The maximum absolute atomic E-state index is 13.1. The second-order valence-electron chi connectivity index (χ2n) is 7.42. The fourth-order valence-electron chi connectivity index (χ4n) is 4.38. The molecule has 0 saturated carbocycles. The molecule has 5 rings (SSSR count). The average molecular weight is 386 g/mol. The number of nitrogens with zero attached hydrogens (tertiary/aromatic N) is 6. The SMILES string of the molecule is Cc1cc2ncnn2cc1C1CCN(S(=O)(=O)c2cnc3n2CCC3)CC1. The van der Waals surface area contributed by atoms with Gasteiger partial charge in [0.2, 0.25) is 0 Å². The second-order valence-corrected chi connectivity index (χ2v) is 9.31. The minimum absolute atomic E-state index is 0.334. The molecule has 1 saturated heterocycles. The van der Waals surface area contributed by atoms with E-state index in [9.17, 15) is 8.42 Å². The normalized spacial score (nSPS) is 19.0. The summed E-state index contributed by atoms with van der Waals surface area (Å²) in [5, 5.41) is 4.58. The zero-order valence-corrected chi connectivity index (χ0v) is 16.1. The molecule has 1 fully saturated rings. The monoisotopic (exact) mass is 386 g/mol. The molecular weight excluding hydrogens is 364 g/mol. The number of hydrogen-bond acceptors (Lipinski definition) is 5. The molecule has 5 heterocycles. The van der Waals surface area contributed by atoms with Crippen molar-refractivity contribution in [1.82, 2.24) is 28.5 Å². The van der Waals surface area contributed by atoms with Crippen LogP contribution in [0.1, 0.15) is 42.1 Å². The molecule has 142 valence electrons. The summed E-state index contributed by atoms with van der Waals surface area (Å²) in [5.41, 5.74) is 3.26. The highest BCUT2D eigenvalue weighted by molar-refractivity contribution is 7.89. The molecule has 0 aromatic carbocycles. The van der Waals surface area contributed by atoms with Crippen molar-refractivity contribution >= 4 is 15.7 Å². The standard InChI is InChI=1S/C18H22N6O2S/c1-13-9-17-20-12-21-24(17)11-15(13)14-4-7-22(8-5-14)27(25,26)18-10-19-16-3-2-6-23(16)18/h9-12,14H,2-8H2,1H3. The molecule has 8 nitrogen and oxygen atoms in total. The fourth-order valence-corrected chi connectivity index (χ4v) is 5.99. The van der Waals surface area contributed by atoms with Crippen LogP contribution in [-0.4, -0.2) is 50.0 Å². The first-order valence-electron chi connectivity index (χ1n) is 9.38. The smallest absolute Gasteiger partial charge is 0.260 e. The maximum Gasteiger partial charge on any atom is 0.260 e. The zero-order valence-electron chi connectivity index (χ0n) is 15.2. The zero-order chi connectivity index (χ0) is 18.6. The van der Waals surface area contributed by atoms with E-state index in [1.165, 1.54) is 17.3 Å². The van der Waals surface area contributed by atoms with E-state index >= 15 is 0 Å². The Balaban J connectivity index is 1.37. The van der Waals surface area contributed by atoms with Crippen LogP contribution in [0.4, 0.5) is 0 Å². The fraction of sp³-hybridized carbons (Fsp3) is 0.500. The van der Waals surface area contributed by atoms with Crippen LogP contribution >= 0.6 is 0 Å². The number of aromatic nitrogens is 5. The molecular formula is C18H22N6O2S. The Bertz CT molecular complexity index is 1110. The number of fused-ring (bicyclic) bond motifs is 2. The molecule has 0 aliphatic carbocycles. The van der Waals surface area contributed by atoms with Gasteiger partial charge in [-0.3, -0.25) is 0 Å². The first kappa shape index (κ1) is 16.9. The summed E-state index contributed by atoms with van der Waals surface area (Å²) in [4.78, 5) is 8.52. The topological polar surface area (TPSA) is 85.4 Å². The molecule has 0 amide bonds. The van der Waals surface area contributed by atoms with Gasteiger partial charge in [-0.1, -0.05) is 0 Å². The van der Waals surface area contributed by atoms with E-state index in [-0.39, 0.29) is 0 Å². The van der Waals surface area contributed by atoms with Crippen LogP contribution in [0.3, 0.4) is 0 Å². The lowest BCUT2D eigenvalue weighted by Crippen LogP contribution is -2.38. The number of sulfonamides is 1. The van der Waals surface area contributed by atoms with E-state index in [1.807, 2.05) is 16.8 Å². The Hall–Kier alpha value is -2.26. The summed E-state index contributed by atoms with van der Waals surface area (Å²) in [6, 6.07) is 2.04. The molecule has 0 atom stereocenters. The molecule has 0 N–H and O–H groups in total. The van der Waals surface area contributed by atoms with E-state index in [1.54, 1.807) is 15.1 Å². The largest absolute Gasteiger partial charge is 0.318 e. The number of imidazole rings is 1. The van der Waals surface area contributed by atoms with Gasteiger partial charge in [-0.2, -0.15) is 9.40 Å². The van der Waals surface area contributed by atoms with Crippen LogP contribution in [0.5, 0.6) is 0 Å². The predicted octanol–water partition coefficient (Wildman–Crippen LogP) is 1.75. The van der Waals surface area contributed by atoms with Gasteiger partial charge < -0.3 is 4.57 Å². The molecule has 0 bridgehead atoms. The van der Waals surface area contributed by atoms with Crippen LogP contribution in [0.15, 0.2) is 29.8 Å². The van der Waals surface area contributed by atoms with Gasteiger partial charge >= 0.3 is 0 Å². The lowest BCUT2D eigenvalue weighted by molar-refractivity contribution is 0.316. The predicted molar refractivity (Wildman–Crippen MR) is 99.0 cm³/mol. The van der Waals surface area contributed by atoms with Gasteiger partial charge in [-0.05, 0) is 49.3 Å². The van der Waals surface area contributed by atoms with Gasteiger partial charge in [0.1, 0.15) is 12.2 Å². The van der Waals surface area contributed by atoms with Gasteiger partial charge in [0.15, 0.2) is 10.7 Å². The van der Waals surface area contributed by atoms with E-state index in [2.05, 4.69) is 22.0 Å². The molecule has 9 heteroatoms. The third-order valence-corrected chi connectivity index (χ3v) is 7.74.